The molecule has 1 aromatic rings. The highest BCUT2D eigenvalue weighted by Gasteiger charge is 2.15. The number of rotatable bonds is 2. The summed E-state index contributed by atoms with van der Waals surface area (Å²) in [6, 6.07) is 1.47. The first-order valence-electron chi connectivity index (χ1n) is 5.58. The Morgan fingerprint density at radius 3 is 3.00 bits per heavy atom. The molecule has 0 aliphatic carbocycles. The third-order valence-corrected chi connectivity index (χ3v) is 2.57. The Morgan fingerprint density at radius 2 is 2.24 bits per heavy atom. The molecule has 0 atom stereocenters. The number of aromatic carboxylic acids is 1. The zero-order valence-electron chi connectivity index (χ0n) is 9.72. The van der Waals surface area contributed by atoms with Gasteiger partial charge >= 0.3 is 5.97 Å². The van der Waals surface area contributed by atoms with Gasteiger partial charge in [-0.25, -0.2) is 14.8 Å². The molecule has 0 unspecified atom stereocenters. The maximum absolute atomic E-state index is 10.9. The van der Waals surface area contributed by atoms with Crippen molar-refractivity contribution in [1.29, 1.82) is 0 Å². The number of hydrogen-bond donors (Lipinski definition) is 1. The number of hydrogen-bond acceptors (Lipinski definition) is 5. The summed E-state index contributed by atoms with van der Waals surface area (Å²) in [7, 11) is 0. The number of carbonyl (C=O) groups is 1. The lowest BCUT2D eigenvalue weighted by atomic mass is 10.3. The zero-order chi connectivity index (χ0) is 12.3. The molecule has 6 nitrogen and oxygen atoms in total. The molecular weight excluding hydrogens is 222 g/mol. The van der Waals surface area contributed by atoms with Gasteiger partial charge in [-0.1, -0.05) is 0 Å². The van der Waals surface area contributed by atoms with E-state index in [1.807, 2.05) is 4.90 Å². The van der Waals surface area contributed by atoms with Crippen molar-refractivity contribution >= 4 is 11.9 Å². The molecule has 0 spiro atoms. The number of anilines is 1. The second-order valence-corrected chi connectivity index (χ2v) is 3.95. The monoisotopic (exact) mass is 237 g/mol. The average Bonchev–Trinajstić information content (AvgIpc) is 2.56. The second kappa shape index (κ2) is 5.09. The first-order valence-corrected chi connectivity index (χ1v) is 5.58. The Bertz CT molecular complexity index is 414. The SMILES string of the molecule is Cc1cc(C(=O)O)nc(N2CCCOCC2)n1. The van der Waals surface area contributed by atoms with Gasteiger partial charge in [-0.2, -0.15) is 0 Å². The third kappa shape index (κ3) is 2.91. The standard InChI is InChI=1S/C11H15N3O3/c1-8-7-9(10(15)16)13-11(12-8)14-3-2-5-17-6-4-14/h7H,2-6H2,1H3,(H,15,16). The van der Waals surface area contributed by atoms with Crippen molar-refractivity contribution in [3.8, 4) is 0 Å². The lowest BCUT2D eigenvalue weighted by molar-refractivity contribution is 0.0690. The van der Waals surface area contributed by atoms with Crippen molar-refractivity contribution in [2.24, 2.45) is 0 Å². The van der Waals surface area contributed by atoms with E-state index in [2.05, 4.69) is 9.97 Å². The van der Waals surface area contributed by atoms with Crippen LogP contribution in [-0.4, -0.2) is 47.3 Å². The van der Waals surface area contributed by atoms with Crippen LogP contribution in [0.25, 0.3) is 0 Å². The lowest BCUT2D eigenvalue weighted by Crippen LogP contribution is -2.28. The van der Waals surface area contributed by atoms with Crippen molar-refractivity contribution in [3.63, 3.8) is 0 Å². The number of nitrogens with zero attached hydrogens (tertiary/aromatic N) is 3. The number of carboxylic acid groups (broad SMARTS) is 1. The first-order chi connectivity index (χ1) is 8.16. The van der Waals surface area contributed by atoms with Gasteiger partial charge in [0, 0.05) is 25.4 Å². The van der Waals surface area contributed by atoms with Crippen LogP contribution in [0.3, 0.4) is 0 Å². The highest BCUT2D eigenvalue weighted by molar-refractivity contribution is 5.85. The average molecular weight is 237 g/mol. The van der Waals surface area contributed by atoms with Crippen LogP contribution in [0.2, 0.25) is 0 Å². The predicted octanol–water partition coefficient (Wildman–Crippen LogP) is 0.710. The summed E-state index contributed by atoms with van der Waals surface area (Å²) < 4.78 is 5.34. The Kier molecular flexibility index (Phi) is 3.53. The number of aryl methyl sites for hydroxylation is 1. The molecule has 0 bridgehead atoms. The van der Waals surface area contributed by atoms with Crippen LogP contribution in [0.5, 0.6) is 0 Å². The van der Waals surface area contributed by atoms with Gasteiger partial charge < -0.3 is 14.7 Å². The topological polar surface area (TPSA) is 75.5 Å². The van der Waals surface area contributed by atoms with E-state index in [9.17, 15) is 4.79 Å². The molecule has 0 aromatic carbocycles. The summed E-state index contributed by atoms with van der Waals surface area (Å²) >= 11 is 0. The van der Waals surface area contributed by atoms with Crippen molar-refractivity contribution in [1.82, 2.24) is 9.97 Å². The van der Waals surface area contributed by atoms with Crippen LogP contribution in [0.1, 0.15) is 22.6 Å². The van der Waals surface area contributed by atoms with Crippen LogP contribution in [0.4, 0.5) is 5.95 Å². The van der Waals surface area contributed by atoms with E-state index >= 15 is 0 Å². The molecule has 6 heteroatoms. The van der Waals surface area contributed by atoms with Crippen LogP contribution >= 0.6 is 0 Å². The quantitative estimate of drug-likeness (QED) is 0.816. The van der Waals surface area contributed by atoms with Gasteiger partial charge in [0.2, 0.25) is 5.95 Å². The minimum Gasteiger partial charge on any atom is -0.477 e. The molecule has 0 saturated carbocycles. The normalized spacial score (nSPS) is 16.6. The van der Waals surface area contributed by atoms with Crippen molar-refractivity contribution < 1.29 is 14.6 Å². The van der Waals surface area contributed by atoms with Gasteiger partial charge in [-0.15, -0.1) is 0 Å². The lowest BCUT2D eigenvalue weighted by Gasteiger charge is -2.19. The first kappa shape index (κ1) is 11.8. The van der Waals surface area contributed by atoms with Crippen LogP contribution in [0.15, 0.2) is 6.07 Å². The summed E-state index contributed by atoms with van der Waals surface area (Å²) in [6.45, 7) is 4.62. The fourth-order valence-corrected chi connectivity index (χ4v) is 1.75. The fourth-order valence-electron chi connectivity index (χ4n) is 1.75. The Balaban J connectivity index is 2.27. The molecule has 2 heterocycles. The smallest absolute Gasteiger partial charge is 0.354 e. The van der Waals surface area contributed by atoms with Crippen LogP contribution < -0.4 is 4.90 Å². The van der Waals surface area contributed by atoms with Crippen LogP contribution in [0, 0.1) is 6.92 Å². The molecule has 17 heavy (non-hydrogen) atoms. The molecule has 0 radical (unpaired) electrons. The number of carboxylic acids is 1. The molecule has 1 aliphatic rings. The fraction of sp³-hybridized carbons (Fsp3) is 0.545. The molecule has 2 rings (SSSR count). The number of aromatic nitrogens is 2. The third-order valence-electron chi connectivity index (χ3n) is 2.57. The van der Waals surface area contributed by atoms with Gasteiger partial charge in [-0.05, 0) is 19.4 Å². The summed E-state index contributed by atoms with van der Waals surface area (Å²) in [4.78, 5) is 21.2. The zero-order valence-corrected chi connectivity index (χ0v) is 9.72. The van der Waals surface area contributed by atoms with Gasteiger partial charge in [0.05, 0.1) is 6.61 Å². The van der Waals surface area contributed by atoms with Gasteiger partial charge in [0.15, 0.2) is 5.69 Å². The summed E-state index contributed by atoms with van der Waals surface area (Å²) in [5.74, 6) is -0.546. The minimum absolute atomic E-state index is 0.0395. The molecule has 0 amide bonds. The van der Waals surface area contributed by atoms with E-state index < -0.39 is 5.97 Å². The van der Waals surface area contributed by atoms with Crippen molar-refractivity contribution in [2.45, 2.75) is 13.3 Å². The largest absolute Gasteiger partial charge is 0.477 e. The molecule has 1 saturated heterocycles. The van der Waals surface area contributed by atoms with Crippen LogP contribution in [-0.2, 0) is 4.74 Å². The Labute approximate surface area is 99.2 Å². The second-order valence-electron chi connectivity index (χ2n) is 3.95. The van der Waals surface area contributed by atoms with Gasteiger partial charge in [-0.3, -0.25) is 0 Å². The van der Waals surface area contributed by atoms with Crippen molar-refractivity contribution in [3.05, 3.63) is 17.5 Å². The van der Waals surface area contributed by atoms with E-state index in [0.29, 0.717) is 24.8 Å². The summed E-state index contributed by atoms with van der Waals surface area (Å²) in [5.41, 5.74) is 0.704. The molecule has 1 N–H and O–H groups in total. The van der Waals surface area contributed by atoms with Crippen molar-refractivity contribution in [2.75, 3.05) is 31.2 Å². The van der Waals surface area contributed by atoms with E-state index in [1.54, 1.807) is 6.92 Å². The summed E-state index contributed by atoms with van der Waals surface area (Å²) in [5, 5.41) is 8.95. The molecular formula is C11H15N3O3. The highest BCUT2D eigenvalue weighted by atomic mass is 16.5. The maximum atomic E-state index is 10.9. The molecule has 1 fully saturated rings. The summed E-state index contributed by atoms with van der Waals surface area (Å²) in [6.07, 6.45) is 0.902. The maximum Gasteiger partial charge on any atom is 0.354 e. The molecule has 1 aromatic heterocycles. The van der Waals surface area contributed by atoms with E-state index in [4.69, 9.17) is 9.84 Å². The molecule has 92 valence electrons. The van der Waals surface area contributed by atoms with E-state index in [-0.39, 0.29) is 5.69 Å². The highest BCUT2D eigenvalue weighted by Crippen LogP contribution is 2.12. The van der Waals surface area contributed by atoms with E-state index in [1.165, 1.54) is 6.07 Å². The van der Waals surface area contributed by atoms with Gasteiger partial charge in [0.25, 0.3) is 0 Å². The Hall–Kier alpha value is -1.69. The molecule has 1 aliphatic heterocycles. The minimum atomic E-state index is -1.03. The van der Waals surface area contributed by atoms with Gasteiger partial charge in [0.1, 0.15) is 0 Å². The van der Waals surface area contributed by atoms with E-state index in [0.717, 1.165) is 19.6 Å². The Morgan fingerprint density at radius 1 is 1.41 bits per heavy atom. The predicted molar refractivity (Wildman–Crippen MR) is 61.4 cm³/mol. The number of ether oxygens (including phenoxy) is 1.